The second-order valence-electron chi connectivity index (χ2n) is 8.67. The van der Waals surface area contributed by atoms with Crippen molar-refractivity contribution in [3.8, 4) is 0 Å². The van der Waals surface area contributed by atoms with Crippen LogP contribution in [0, 0.1) is 0 Å². The highest BCUT2D eigenvalue weighted by atomic mass is 16.4. The lowest BCUT2D eigenvalue weighted by atomic mass is 9.87. The zero-order valence-corrected chi connectivity index (χ0v) is 17.8. The van der Waals surface area contributed by atoms with Crippen LogP contribution in [-0.4, -0.2) is 59.4 Å². The molecular formula is C21H41NO5. The Balaban J connectivity index is 4.16. The van der Waals surface area contributed by atoms with Crippen molar-refractivity contribution >= 4 is 11.8 Å². The summed E-state index contributed by atoms with van der Waals surface area (Å²) in [6.45, 7) is 2.22. The standard InChI is InChI=1S/C21H41NO5/c1-5-6-7-8-9-10-11-12-13-14-15-16-18(23)21(27,17-19(24)25)20(26)22(2,3)4/h20,26-27H,5-17H2,1-4H3/t20?,21-/m0/s1. The molecule has 6 heteroatoms. The molecule has 0 fully saturated rings. The summed E-state index contributed by atoms with van der Waals surface area (Å²) in [5.41, 5.74) is -2.31. The maximum atomic E-state index is 12.4. The molecule has 0 heterocycles. The third kappa shape index (κ3) is 10.8. The molecule has 0 aromatic carbocycles. The summed E-state index contributed by atoms with van der Waals surface area (Å²) in [4.78, 5) is 23.4. The zero-order valence-electron chi connectivity index (χ0n) is 17.8. The Bertz CT molecular complexity index is 433. The number of hydrogen-bond acceptors (Lipinski definition) is 5. The summed E-state index contributed by atoms with van der Waals surface area (Å²) in [5, 5.41) is 31.9. The van der Waals surface area contributed by atoms with Crippen LogP contribution < -0.4 is 5.11 Å². The molecule has 0 aliphatic heterocycles. The van der Waals surface area contributed by atoms with Crippen molar-refractivity contribution in [2.45, 2.75) is 102 Å². The third-order valence-electron chi connectivity index (χ3n) is 5.06. The fraction of sp³-hybridized carbons (Fsp3) is 0.905. The molecule has 0 rings (SSSR count). The number of aliphatic carboxylic acids is 1. The van der Waals surface area contributed by atoms with Gasteiger partial charge in [-0.05, 0) is 6.42 Å². The second-order valence-corrected chi connectivity index (χ2v) is 8.67. The summed E-state index contributed by atoms with van der Waals surface area (Å²) in [6.07, 6.45) is 10.2. The van der Waals surface area contributed by atoms with Gasteiger partial charge in [-0.1, -0.05) is 71.1 Å². The van der Waals surface area contributed by atoms with Crippen LogP contribution >= 0.6 is 0 Å². The van der Waals surface area contributed by atoms with E-state index in [4.69, 9.17) is 0 Å². The van der Waals surface area contributed by atoms with Gasteiger partial charge in [-0.25, -0.2) is 0 Å². The molecule has 0 aliphatic rings. The Hall–Kier alpha value is -0.980. The molecule has 1 unspecified atom stereocenters. The lowest BCUT2D eigenvalue weighted by Gasteiger charge is -2.40. The molecule has 0 bridgehead atoms. The third-order valence-corrected chi connectivity index (χ3v) is 5.06. The molecule has 0 saturated heterocycles. The van der Waals surface area contributed by atoms with Crippen LogP contribution in [0.2, 0.25) is 0 Å². The van der Waals surface area contributed by atoms with Gasteiger partial charge in [-0.15, -0.1) is 0 Å². The summed E-state index contributed by atoms with van der Waals surface area (Å²) < 4.78 is -0.131. The highest BCUT2D eigenvalue weighted by Crippen LogP contribution is 2.24. The summed E-state index contributed by atoms with van der Waals surface area (Å²) in [6, 6.07) is 0. The number of rotatable bonds is 17. The van der Waals surface area contributed by atoms with E-state index in [0.717, 1.165) is 19.3 Å². The molecule has 2 N–H and O–H groups in total. The molecular weight excluding hydrogens is 346 g/mol. The van der Waals surface area contributed by atoms with Gasteiger partial charge in [0, 0.05) is 18.8 Å². The number of aliphatic hydroxyl groups excluding tert-OH is 1. The van der Waals surface area contributed by atoms with Crippen LogP contribution in [0.3, 0.4) is 0 Å². The lowest BCUT2D eigenvalue weighted by molar-refractivity contribution is -0.925. The minimum Gasteiger partial charge on any atom is -0.550 e. The van der Waals surface area contributed by atoms with Crippen molar-refractivity contribution < 1.29 is 29.4 Å². The van der Waals surface area contributed by atoms with Gasteiger partial charge in [0.1, 0.15) is 0 Å². The molecule has 6 nitrogen and oxygen atoms in total. The van der Waals surface area contributed by atoms with E-state index >= 15 is 0 Å². The van der Waals surface area contributed by atoms with Gasteiger partial charge >= 0.3 is 0 Å². The average Bonchev–Trinajstić information content (AvgIpc) is 2.57. The van der Waals surface area contributed by atoms with Crippen LogP contribution in [-0.2, 0) is 9.59 Å². The second kappa shape index (κ2) is 13.2. The smallest absolute Gasteiger partial charge is 0.227 e. The Morgan fingerprint density at radius 1 is 0.889 bits per heavy atom. The zero-order chi connectivity index (χ0) is 20.9. The number of hydrogen-bond donors (Lipinski definition) is 2. The summed E-state index contributed by atoms with van der Waals surface area (Å²) in [5.74, 6) is -2.17. The minimum absolute atomic E-state index is 0.0673. The van der Waals surface area contributed by atoms with Crippen molar-refractivity contribution in [1.29, 1.82) is 0 Å². The first-order valence-electron chi connectivity index (χ1n) is 10.5. The van der Waals surface area contributed by atoms with E-state index < -0.39 is 30.0 Å². The number of Topliss-reactive ketones (excluding diaryl/α,β-unsaturated/α-hetero) is 1. The first-order chi connectivity index (χ1) is 12.6. The Labute approximate surface area is 165 Å². The van der Waals surface area contributed by atoms with E-state index in [2.05, 4.69) is 6.92 Å². The molecule has 0 spiro atoms. The number of unbranched alkanes of at least 4 members (excludes halogenated alkanes) is 10. The summed E-state index contributed by atoms with van der Waals surface area (Å²) in [7, 11) is 4.79. The molecule has 0 aliphatic carbocycles. The predicted molar refractivity (Wildman–Crippen MR) is 105 cm³/mol. The molecule has 27 heavy (non-hydrogen) atoms. The topological polar surface area (TPSA) is 97.7 Å². The highest BCUT2D eigenvalue weighted by Gasteiger charge is 2.49. The van der Waals surface area contributed by atoms with Crippen LogP contribution in [0.25, 0.3) is 0 Å². The van der Waals surface area contributed by atoms with Crippen LogP contribution in [0.15, 0.2) is 0 Å². The number of carbonyl (C=O) groups excluding carboxylic acids is 2. The Morgan fingerprint density at radius 2 is 1.30 bits per heavy atom. The maximum Gasteiger partial charge on any atom is 0.227 e. The van der Waals surface area contributed by atoms with Gasteiger partial charge in [-0.2, -0.15) is 0 Å². The van der Waals surface area contributed by atoms with E-state index in [-0.39, 0.29) is 10.9 Å². The van der Waals surface area contributed by atoms with E-state index in [9.17, 15) is 24.9 Å². The SMILES string of the molecule is CCCCCCCCCCCCCC(=O)[C@@](O)(CC(=O)[O-])C(O)[N+](C)(C)C. The van der Waals surface area contributed by atoms with Crippen molar-refractivity contribution in [3.05, 3.63) is 0 Å². The van der Waals surface area contributed by atoms with E-state index in [1.54, 1.807) is 21.1 Å². The Morgan fingerprint density at radius 3 is 1.67 bits per heavy atom. The van der Waals surface area contributed by atoms with Crippen molar-refractivity contribution in [1.82, 2.24) is 0 Å². The molecule has 0 aromatic heterocycles. The number of carboxylic acid groups (broad SMARTS) is 1. The molecule has 0 aromatic rings. The number of nitrogens with zero attached hydrogens (tertiary/aromatic N) is 1. The quantitative estimate of drug-likeness (QED) is 0.226. The number of likely N-dealkylation sites (N-methyl/N-ethyl adjacent to an activating group) is 1. The fourth-order valence-corrected chi connectivity index (χ4v) is 3.36. The average molecular weight is 388 g/mol. The number of quaternary nitrogens is 1. The first kappa shape index (κ1) is 26.0. The molecule has 0 saturated carbocycles. The van der Waals surface area contributed by atoms with Gasteiger partial charge in [0.25, 0.3) is 0 Å². The first-order valence-corrected chi connectivity index (χ1v) is 10.5. The van der Waals surface area contributed by atoms with Crippen molar-refractivity contribution in [3.63, 3.8) is 0 Å². The van der Waals surface area contributed by atoms with E-state index in [1.165, 1.54) is 44.9 Å². The van der Waals surface area contributed by atoms with E-state index in [1.807, 2.05) is 0 Å². The molecule has 0 radical (unpaired) electrons. The van der Waals surface area contributed by atoms with Gasteiger partial charge < -0.3 is 24.6 Å². The monoisotopic (exact) mass is 387 g/mol. The van der Waals surface area contributed by atoms with Gasteiger partial charge in [0.2, 0.25) is 11.8 Å². The summed E-state index contributed by atoms with van der Waals surface area (Å²) >= 11 is 0. The Kier molecular flexibility index (Phi) is 12.8. The van der Waals surface area contributed by atoms with Crippen LogP contribution in [0.4, 0.5) is 0 Å². The van der Waals surface area contributed by atoms with Crippen molar-refractivity contribution in [2.75, 3.05) is 21.1 Å². The number of carbonyl (C=O) groups is 2. The van der Waals surface area contributed by atoms with Gasteiger partial charge in [-0.3, -0.25) is 4.79 Å². The number of carboxylic acids is 1. The maximum absolute atomic E-state index is 12.4. The van der Waals surface area contributed by atoms with Gasteiger partial charge in [0.05, 0.1) is 21.1 Å². The van der Waals surface area contributed by atoms with Gasteiger partial charge in [0.15, 0.2) is 5.78 Å². The number of aliphatic hydroxyl groups is 2. The highest BCUT2D eigenvalue weighted by molar-refractivity contribution is 5.90. The molecule has 160 valence electrons. The minimum atomic E-state index is -2.31. The molecule has 0 amide bonds. The fourth-order valence-electron chi connectivity index (χ4n) is 3.36. The lowest BCUT2D eigenvalue weighted by Crippen LogP contribution is -2.63. The van der Waals surface area contributed by atoms with Crippen LogP contribution in [0.5, 0.6) is 0 Å². The van der Waals surface area contributed by atoms with Crippen molar-refractivity contribution in [2.24, 2.45) is 0 Å². The normalized spacial score (nSPS) is 15.3. The predicted octanol–water partition coefficient (Wildman–Crippen LogP) is 2.15. The van der Waals surface area contributed by atoms with E-state index in [0.29, 0.717) is 6.42 Å². The van der Waals surface area contributed by atoms with Crippen LogP contribution in [0.1, 0.15) is 90.4 Å². The largest absolute Gasteiger partial charge is 0.550 e. The molecule has 2 atom stereocenters. The number of ketones is 1.